The Labute approximate surface area is 132 Å². The molecule has 4 aromatic rings. The van der Waals surface area contributed by atoms with Crippen LogP contribution in [-0.2, 0) is 6.54 Å². The molecule has 0 amide bonds. The second-order valence-corrected chi connectivity index (χ2v) is 5.59. The van der Waals surface area contributed by atoms with Crippen molar-refractivity contribution in [1.29, 1.82) is 0 Å². The van der Waals surface area contributed by atoms with Crippen LogP contribution in [0.4, 0.5) is 11.8 Å². The topological polar surface area (TPSA) is 101 Å². The van der Waals surface area contributed by atoms with E-state index in [9.17, 15) is 0 Å². The number of aryl methyl sites for hydroxylation is 1. The van der Waals surface area contributed by atoms with Crippen LogP contribution in [0.1, 0.15) is 11.4 Å². The molecular weight excluding hydrogens is 292 g/mol. The summed E-state index contributed by atoms with van der Waals surface area (Å²) >= 11 is 0. The number of hydrogen-bond acceptors (Lipinski definition) is 6. The van der Waals surface area contributed by atoms with Crippen molar-refractivity contribution in [3.8, 4) is 0 Å². The third-order valence-electron chi connectivity index (χ3n) is 3.77. The summed E-state index contributed by atoms with van der Waals surface area (Å²) in [4.78, 5) is 14.3. The predicted molar refractivity (Wildman–Crippen MR) is 88.1 cm³/mol. The number of hydrogen-bond donors (Lipinski definition) is 2. The van der Waals surface area contributed by atoms with Gasteiger partial charge in [-0.1, -0.05) is 6.07 Å². The number of nitrogens with two attached hydrogens (primary N) is 1. The Morgan fingerprint density at radius 1 is 1.26 bits per heavy atom. The number of fused-ring (bicyclic) bond motifs is 2. The van der Waals surface area contributed by atoms with Crippen molar-refractivity contribution in [3.05, 3.63) is 42.0 Å². The number of imidazole rings is 1. The Kier molecular flexibility index (Phi) is 2.90. The smallest absolute Gasteiger partial charge is 0.209 e. The van der Waals surface area contributed by atoms with Gasteiger partial charge in [-0.3, -0.25) is 4.40 Å². The van der Waals surface area contributed by atoms with Crippen molar-refractivity contribution in [2.45, 2.75) is 13.5 Å². The Morgan fingerprint density at radius 2 is 2.13 bits per heavy atom. The molecule has 3 N–H and O–H groups in total. The van der Waals surface area contributed by atoms with Crippen LogP contribution in [0.25, 0.3) is 16.7 Å². The standard InChI is InChI=1S/C15H16N8/c1-9-3-4-10-11(5-9)19-12(18-10)7-22(2)13-6-14-21-17-8-23(14)15(16)20-13/h3-6,8H,7H2,1-2H3,(H2,16,20)(H,18,19). The van der Waals surface area contributed by atoms with E-state index in [1.54, 1.807) is 10.7 Å². The molecule has 0 atom stereocenters. The number of H-pyrrole nitrogens is 1. The number of aromatic amines is 1. The van der Waals surface area contributed by atoms with E-state index in [-0.39, 0.29) is 0 Å². The highest BCUT2D eigenvalue weighted by Gasteiger charge is 2.11. The maximum Gasteiger partial charge on any atom is 0.209 e. The first-order valence-electron chi connectivity index (χ1n) is 7.23. The summed E-state index contributed by atoms with van der Waals surface area (Å²) in [5, 5.41) is 7.86. The second-order valence-electron chi connectivity index (χ2n) is 5.59. The first kappa shape index (κ1) is 13.5. The lowest BCUT2D eigenvalue weighted by molar-refractivity contribution is 0.844. The molecule has 0 aliphatic heterocycles. The number of benzene rings is 1. The fraction of sp³-hybridized carbons (Fsp3) is 0.200. The van der Waals surface area contributed by atoms with Crippen LogP contribution in [-0.4, -0.2) is 36.6 Å². The van der Waals surface area contributed by atoms with Gasteiger partial charge in [0.05, 0.1) is 17.6 Å². The van der Waals surface area contributed by atoms with Gasteiger partial charge in [-0.25, -0.2) is 4.98 Å². The Bertz CT molecular complexity index is 999. The van der Waals surface area contributed by atoms with Gasteiger partial charge in [0, 0.05) is 13.1 Å². The average molecular weight is 308 g/mol. The molecule has 0 saturated heterocycles. The van der Waals surface area contributed by atoms with E-state index in [1.165, 1.54) is 5.56 Å². The van der Waals surface area contributed by atoms with E-state index in [0.29, 0.717) is 18.1 Å². The molecular formula is C15H16N8. The number of rotatable bonds is 3. The van der Waals surface area contributed by atoms with Crippen molar-refractivity contribution < 1.29 is 0 Å². The number of anilines is 2. The van der Waals surface area contributed by atoms with Crippen LogP contribution in [0.3, 0.4) is 0 Å². The summed E-state index contributed by atoms with van der Waals surface area (Å²) in [6.45, 7) is 2.65. The number of aromatic nitrogens is 6. The van der Waals surface area contributed by atoms with E-state index in [4.69, 9.17) is 5.73 Å². The van der Waals surface area contributed by atoms with Crippen LogP contribution >= 0.6 is 0 Å². The molecule has 0 aliphatic rings. The maximum atomic E-state index is 5.93. The lowest BCUT2D eigenvalue weighted by atomic mass is 10.2. The zero-order chi connectivity index (χ0) is 16.0. The third-order valence-corrected chi connectivity index (χ3v) is 3.77. The first-order valence-corrected chi connectivity index (χ1v) is 7.23. The first-order chi connectivity index (χ1) is 11.1. The van der Waals surface area contributed by atoms with Gasteiger partial charge in [-0.2, -0.15) is 4.98 Å². The predicted octanol–water partition coefficient (Wildman–Crippen LogP) is 1.53. The van der Waals surface area contributed by atoms with Gasteiger partial charge in [-0.15, -0.1) is 10.2 Å². The van der Waals surface area contributed by atoms with Crippen LogP contribution in [0.5, 0.6) is 0 Å². The lowest BCUT2D eigenvalue weighted by Gasteiger charge is -2.17. The molecule has 4 rings (SSSR count). The normalized spacial score (nSPS) is 11.4. The summed E-state index contributed by atoms with van der Waals surface area (Å²) in [6, 6.07) is 8.00. The van der Waals surface area contributed by atoms with Crippen LogP contribution in [0, 0.1) is 6.92 Å². The van der Waals surface area contributed by atoms with Gasteiger partial charge < -0.3 is 15.6 Å². The van der Waals surface area contributed by atoms with Crippen molar-refractivity contribution >= 4 is 28.4 Å². The van der Waals surface area contributed by atoms with E-state index in [0.717, 1.165) is 22.7 Å². The Morgan fingerprint density at radius 3 is 3.00 bits per heavy atom. The summed E-state index contributed by atoms with van der Waals surface area (Å²) in [5.74, 6) is 1.95. The molecule has 0 aliphatic carbocycles. The molecule has 0 radical (unpaired) electrons. The van der Waals surface area contributed by atoms with E-state index < -0.39 is 0 Å². The monoisotopic (exact) mass is 308 g/mol. The fourth-order valence-electron chi connectivity index (χ4n) is 2.59. The van der Waals surface area contributed by atoms with Crippen molar-refractivity contribution in [2.24, 2.45) is 0 Å². The van der Waals surface area contributed by atoms with Crippen molar-refractivity contribution in [2.75, 3.05) is 17.7 Å². The molecule has 0 saturated carbocycles. The fourth-order valence-corrected chi connectivity index (χ4v) is 2.59. The molecule has 1 aromatic carbocycles. The van der Waals surface area contributed by atoms with E-state index in [1.807, 2.05) is 24.1 Å². The zero-order valence-electron chi connectivity index (χ0n) is 12.9. The molecule has 0 unspecified atom stereocenters. The summed E-state index contributed by atoms with van der Waals surface area (Å²) in [6.07, 6.45) is 1.54. The van der Waals surface area contributed by atoms with Crippen molar-refractivity contribution in [1.82, 2.24) is 29.5 Å². The summed E-state index contributed by atoms with van der Waals surface area (Å²) in [5.41, 5.74) is 9.79. The maximum absolute atomic E-state index is 5.93. The quantitative estimate of drug-likeness (QED) is 0.595. The largest absolute Gasteiger partial charge is 0.369 e. The second kappa shape index (κ2) is 4.94. The van der Waals surface area contributed by atoms with Gasteiger partial charge >= 0.3 is 0 Å². The molecule has 23 heavy (non-hydrogen) atoms. The van der Waals surface area contributed by atoms with Crippen LogP contribution < -0.4 is 10.6 Å². The molecule has 3 aromatic heterocycles. The minimum Gasteiger partial charge on any atom is -0.369 e. The van der Waals surface area contributed by atoms with E-state index in [2.05, 4.69) is 44.2 Å². The SMILES string of the molecule is Cc1ccc2nc(CN(C)c3cc4nncn4c(N)n3)[nH]c2c1. The average Bonchev–Trinajstić information content (AvgIpc) is 3.12. The number of nitrogens with zero attached hydrogens (tertiary/aromatic N) is 6. The number of nitrogens with one attached hydrogen (secondary N) is 1. The molecule has 3 heterocycles. The molecule has 8 heteroatoms. The Balaban J connectivity index is 1.65. The minimum atomic E-state index is 0.356. The van der Waals surface area contributed by atoms with Crippen molar-refractivity contribution in [3.63, 3.8) is 0 Å². The lowest BCUT2D eigenvalue weighted by Crippen LogP contribution is -2.19. The van der Waals surface area contributed by atoms with E-state index >= 15 is 0 Å². The number of nitrogen functional groups attached to an aromatic ring is 1. The third kappa shape index (κ3) is 2.33. The summed E-state index contributed by atoms with van der Waals surface area (Å²) in [7, 11) is 1.94. The van der Waals surface area contributed by atoms with Gasteiger partial charge in [0.2, 0.25) is 5.95 Å². The summed E-state index contributed by atoms with van der Waals surface area (Å²) < 4.78 is 1.64. The highest BCUT2D eigenvalue weighted by molar-refractivity contribution is 5.75. The van der Waals surface area contributed by atoms with Crippen LogP contribution in [0.2, 0.25) is 0 Å². The van der Waals surface area contributed by atoms with Gasteiger partial charge in [0.1, 0.15) is 18.0 Å². The minimum absolute atomic E-state index is 0.356. The zero-order valence-corrected chi connectivity index (χ0v) is 12.9. The van der Waals surface area contributed by atoms with Gasteiger partial charge in [0.15, 0.2) is 5.65 Å². The van der Waals surface area contributed by atoms with Gasteiger partial charge in [-0.05, 0) is 24.6 Å². The Hall–Kier alpha value is -3.16. The molecule has 0 spiro atoms. The molecule has 0 fully saturated rings. The molecule has 8 nitrogen and oxygen atoms in total. The highest BCUT2D eigenvalue weighted by Crippen LogP contribution is 2.18. The molecule has 0 bridgehead atoms. The molecule has 116 valence electrons. The van der Waals surface area contributed by atoms with Crippen LogP contribution in [0.15, 0.2) is 30.6 Å². The highest BCUT2D eigenvalue weighted by atomic mass is 15.3. The van der Waals surface area contributed by atoms with Gasteiger partial charge in [0.25, 0.3) is 0 Å².